The van der Waals surface area contributed by atoms with Gasteiger partial charge in [-0.05, 0) is 59.8 Å². The van der Waals surface area contributed by atoms with Crippen LogP contribution in [0.2, 0.25) is 0 Å². The van der Waals surface area contributed by atoms with Gasteiger partial charge < -0.3 is 11.1 Å². The van der Waals surface area contributed by atoms with Crippen molar-refractivity contribution in [1.82, 2.24) is 20.2 Å². The number of tetrazole rings is 1. The van der Waals surface area contributed by atoms with Crippen molar-refractivity contribution in [3.8, 4) is 5.69 Å². The maximum atomic E-state index is 13.4. The number of nitrogens with zero attached hydrogens (tertiary/aromatic N) is 4. The van der Waals surface area contributed by atoms with Crippen LogP contribution in [-0.4, -0.2) is 37.3 Å². The highest BCUT2D eigenvalue weighted by molar-refractivity contribution is 8.00. The molecule has 0 fully saturated rings. The molecule has 1 heterocycles. The Hall–Kier alpha value is -3.27. The summed E-state index contributed by atoms with van der Waals surface area (Å²) in [4.78, 5) is 23.5. The second kappa shape index (κ2) is 7.96. The molecule has 0 unspecified atom stereocenters. The number of carbonyl (C=O) groups excluding carboxylic acids is 2. The predicted molar refractivity (Wildman–Crippen MR) is 98.0 cm³/mol. The highest BCUT2D eigenvalue weighted by Crippen LogP contribution is 2.24. The standard InChI is InChI=1S/C17H15FN6O2S/c1-10(16(26)20-13-7-5-11(6-8-13)15(19)25)27-17-21-22-23-24(17)14-4-2-3-12(18)9-14/h2-10H,1H3,(H2,19,25)(H,20,26)/t10-/m0/s1. The molecule has 27 heavy (non-hydrogen) atoms. The van der Waals surface area contributed by atoms with Gasteiger partial charge in [-0.3, -0.25) is 9.59 Å². The van der Waals surface area contributed by atoms with E-state index in [0.29, 0.717) is 22.1 Å². The van der Waals surface area contributed by atoms with Gasteiger partial charge in [0.15, 0.2) is 0 Å². The Morgan fingerprint density at radius 1 is 1.22 bits per heavy atom. The van der Waals surface area contributed by atoms with Crippen LogP contribution < -0.4 is 11.1 Å². The summed E-state index contributed by atoms with van der Waals surface area (Å²) in [5.74, 6) is -1.23. The van der Waals surface area contributed by atoms with E-state index in [1.165, 1.54) is 28.9 Å². The minimum absolute atomic E-state index is 0.277. The van der Waals surface area contributed by atoms with Gasteiger partial charge >= 0.3 is 0 Å². The summed E-state index contributed by atoms with van der Waals surface area (Å²) in [6, 6.07) is 12.1. The summed E-state index contributed by atoms with van der Waals surface area (Å²) in [6.45, 7) is 1.70. The number of aromatic nitrogens is 4. The van der Waals surface area contributed by atoms with Gasteiger partial charge in [0.2, 0.25) is 17.0 Å². The molecule has 0 spiro atoms. The third-order valence-corrected chi connectivity index (χ3v) is 4.62. The molecule has 3 aromatic rings. The van der Waals surface area contributed by atoms with E-state index >= 15 is 0 Å². The van der Waals surface area contributed by atoms with Crippen LogP contribution in [0.15, 0.2) is 53.7 Å². The Balaban J connectivity index is 1.69. The summed E-state index contributed by atoms with van der Waals surface area (Å²) in [7, 11) is 0. The fourth-order valence-corrected chi connectivity index (χ4v) is 3.00. The molecular formula is C17H15FN6O2S. The third-order valence-electron chi connectivity index (χ3n) is 3.58. The monoisotopic (exact) mass is 386 g/mol. The molecular weight excluding hydrogens is 371 g/mol. The molecule has 0 aliphatic rings. The molecule has 0 radical (unpaired) electrons. The van der Waals surface area contributed by atoms with Crippen molar-refractivity contribution in [3.05, 3.63) is 59.9 Å². The zero-order chi connectivity index (χ0) is 19.4. The van der Waals surface area contributed by atoms with Crippen LogP contribution in [0.5, 0.6) is 0 Å². The molecule has 3 rings (SSSR count). The fraction of sp³-hybridized carbons (Fsp3) is 0.118. The van der Waals surface area contributed by atoms with E-state index in [1.54, 1.807) is 31.2 Å². The Bertz CT molecular complexity index is 976. The summed E-state index contributed by atoms with van der Waals surface area (Å²) in [5.41, 5.74) is 6.52. The lowest BCUT2D eigenvalue weighted by atomic mass is 10.2. The second-order valence-electron chi connectivity index (χ2n) is 5.54. The van der Waals surface area contributed by atoms with Crippen LogP contribution in [0.4, 0.5) is 10.1 Å². The molecule has 2 aromatic carbocycles. The third kappa shape index (κ3) is 4.47. The lowest BCUT2D eigenvalue weighted by Crippen LogP contribution is -2.23. The molecule has 0 bridgehead atoms. The van der Waals surface area contributed by atoms with Gasteiger partial charge in [0.05, 0.1) is 10.9 Å². The first-order valence-corrected chi connectivity index (χ1v) is 8.73. The number of thioether (sulfide) groups is 1. The molecule has 0 saturated carbocycles. The van der Waals surface area contributed by atoms with Gasteiger partial charge in [-0.2, -0.15) is 4.68 Å². The molecule has 1 atom stereocenters. The highest BCUT2D eigenvalue weighted by atomic mass is 32.2. The first-order chi connectivity index (χ1) is 12.9. The van der Waals surface area contributed by atoms with Crippen LogP contribution >= 0.6 is 11.8 Å². The number of hydrogen-bond donors (Lipinski definition) is 2. The Morgan fingerprint density at radius 3 is 2.63 bits per heavy atom. The number of benzene rings is 2. The smallest absolute Gasteiger partial charge is 0.248 e. The van der Waals surface area contributed by atoms with Gasteiger partial charge in [0.25, 0.3) is 0 Å². The molecule has 0 aliphatic heterocycles. The zero-order valence-electron chi connectivity index (χ0n) is 14.2. The number of nitrogens with one attached hydrogen (secondary N) is 1. The summed E-state index contributed by atoms with van der Waals surface area (Å²) in [6.07, 6.45) is 0. The first kappa shape index (κ1) is 18.5. The molecule has 0 aliphatic carbocycles. The summed E-state index contributed by atoms with van der Waals surface area (Å²) >= 11 is 1.13. The van der Waals surface area contributed by atoms with Crippen molar-refractivity contribution in [2.24, 2.45) is 5.73 Å². The van der Waals surface area contributed by atoms with E-state index in [9.17, 15) is 14.0 Å². The van der Waals surface area contributed by atoms with Gasteiger partial charge in [0, 0.05) is 11.3 Å². The quantitative estimate of drug-likeness (QED) is 0.626. The summed E-state index contributed by atoms with van der Waals surface area (Å²) < 4.78 is 14.8. The van der Waals surface area contributed by atoms with Gasteiger partial charge in [0.1, 0.15) is 5.82 Å². The minimum Gasteiger partial charge on any atom is -0.366 e. The highest BCUT2D eigenvalue weighted by Gasteiger charge is 2.19. The fourth-order valence-electron chi connectivity index (χ4n) is 2.20. The number of halogens is 1. The largest absolute Gasteiger partial charge is 0.366 e. The molecule has 10 heteroatoms. The predicted octanol–water partition coefficient (Wildman–Crippen LogP) is 2.02. The van der Waals surface area contributed by atoms with E-state index in [-0.39, 0.29) is 5.91 Å². The van der Waals surface area contributed by atoms with Crippen molar-refractivity contribution in [2.75, 3.05) is 5.32 Å². The number of nitrogens with two attached hydrogens (primary N) is 1. The average Bonchev–Trinajstić information content (AvgIpc) is 3.10. The lowest BCUT2D eigenvalue weighted by molar-refractivity contribution is -0.115. The maximum absolute atomic E-state index is 13.4. The summed E-state index contributed by atoms with van der Waals surface area (Å²) in [5, 5.41) is 13.9. The van der Waals surface area contributed by atoms with Crippen molar-refractivity contribution in [2.45, 2.75) is 17.3 Å². The van der Waals surface area contributed by atoms with Gasteiger partial charge in [-0.15, -0.1) is 5.10 Å². The lowest BCUT2D eigenvalue weighted by Gasteiger charge is -2.12. The van der Waals surface area contributed by atoms with Crippen molar-refractivity contribution >= 4 is 29.3 Å². The van der Waals surface area contributed by atoms with E-state index < -0.39 is 17.0 Å². The number of hydrogen-bond acceptors (Lipinski definition) is 6. The number of primary amides is 1. The van der Waals surface area contributed by atoms with Crippen LogP contribution in [-0.2, 0) is 4.79 Å². The van der Waals surface area contributed by atoms with E-state index in [0.717, 1.165) is 11.8 Å². The zero-order valence-corrected chi connectivity index (χ0v) is 15.0. The molecule has 3 N–H and O–H groups in total. The first-order valence-electron chi connectivity index (χ1n) is 7.86. The second-order valence-corrected chi connectivity index (χ2v) is 6.85. The molecule has 1 aromatic heterocycles. The normalized spacial score (nSPS) is 11.8. The van der Waals surface area contributed by atoms with Crippen LogP contribution in [0.1, 0.15) is 17.3 Å². The van der Waals surface area contributed by atoms with Crippen molar-refractivity contribution in [3.63, 3.8) is 0 Å². The minimum atomic E-state index is -0.541. The van der Waals surface area contributed by atoms with Crippen molar-refractivity contribution < 1.29 is 14.0 Å². The molecule has 138 valence electrons. The SMILES string of the molecule is C[C@H](Sc1nnnn1-c1cccc(F)c1)C(=O)Nc1ccc(C(N)=O)cc1. The Morgan fingerprint density at radius 2 is 1.96 bits per heavy atom. The average molecular weight is 386 g/mol. The van der Waals surface area contributed by atoms with Crippen LogP contribution in [0, 0.1) is 5.82 Å². The van der Waals surface area contributed by atoms with Crippen LogP contribution in [0.25, 0.3) is 5.69 Å². The number of anilines is 1. The van der Waals surface area contributed by atoms with Gasteiger partial charge in [-0.25, -0.2) is 4.39 Å². The number of rotatable bonds is 6. The van der Waals surface area contributed by atoms with E-state index in [4.69, 9.17) is 5.73 Å². The molecule has 2 amide bonds. The Kier molecular flexibility index (Phi) is 5.46. The van der Waals surface area contributed by atoms with E-state index in [2.05, 4.69) is 20.8 Å². The molecule has 8 nitrogen and oxygen atoms in total. The van der Waals surface area contributed by atoms with Gasteiger partial charge in [-0.1, -0.05) is 17.8 Å². The Labute approximate surface area is 157 Å². The van der Waals surface area contributed by atoms with E-state index in [1.807, 2.05) is 0 Å². The maximum Gasteiger partial charge on any atom is 0.248 e. The van der Waals surface area contributed by atoms with Crippen LogP contribution in [0.3, 0.4) is 0 Å². The van der Waals surface area contributed by atoms with Crippen molar-refractivity contribution in [1.29, 1.82) is 0 Å². The molecule has 0 saturated heterocycles. The number of amides is 2. The number of carbonyl (C=O) groups is 2. The topological polar surface area (TPSA) is 116 Å².